The molecule has 0 unspecified atom stereocenters. The maximum absolute atomic E-state index is 13.3. The van der Waals surface area contributed by atoms with Crippen LogP contribution in [0.2, 0.25) is 0 Å². The minimum atomic E-state index is -0.0745. The molecule has 1 aromatic heterocycles. The summed E-state index contributed by atoms with van der Waals surface area (Å²) in [6, 6.07) is 11.3. The van der Waals surface area contributed by atoms with Crippen LogP contribution in [-0.4, -0.2) is 22.0 Å². The zero-order chi connectivity index (χ0) is 20.5. The Morgan fingerprint density at radius 1 is 1.07 bits per heavy atom. The van der Waals surface area contributed by atoms with Crippen molar-refractivity contribution in [2.24, 2.45) is 0 Å². The Labute approximate surface area is 171 Å². The average Bonchev–Trinajstić information content (AvgIpc) is 2.96. The quantitative estimate of drug-likeness (QED) is 0.667. The lowest BCUT2D eigenvalue weighted by Crippen LogP contribution is -2.31. The van der Waals surface area contributed by atoms with Gasteiger partial charge in [-0.1, -0.05) is 12.5 Å². The normalized spacial score (nSPS) is 13.8. The van der Waals surface area contributed by atoms with Gasteiger partial charge in [0.2, 0.25) is 0 Å². The highest BCUT2D eigenvalue weighted by molar-refractivity contribution is 6.07. The smallest absolute Gasteiger partial charge is 0.261 e. The summed E-state index contributed by atoms with van der Waals surface area (Å²) in [6.07, 6.45) is 3.99. The lowest BCUT2D eigenvalue weighted by atomic mass is 10.1. The van der Waals surface area contributed by atoms with Crippen molar-refractivity contribution in [1.29, 1.82) is 0 Å². The Balaban J connectivity index is 1.75. The zero-order valence-corrected chi connectivity index (χ0v) is 17.4. The van der Waals surface area contributed by atoms with Gasteiger partial charge in [0.25, 0.3) is 11.5 Å². The molecule has 150 valence electrons. The molecule has 1 aliphatic rings. The van der Waals surface area contributed by atoms with Crippen LogP contribution in [0.3, 0.4) is 0 Å². The molecule has 5 heteroatoms. The second kappa shape index (κ2) is 7.82. The standard InChI is InChI=1S/C24H27N3O2/c1-4-26(19-11-9-16(2)17(3)14-19)23(28)18-10-12-20-21(15-18)25-22-8-6-5-7-13-27(22)24(20)29/h9-12,14-15H,4-8,13H2,1-3H3. The SMILES string of the molecule is CCN(C(=O)c1ccc2c(=O)n3c(nc2c1)CCCCC3)c1ccc(C)c(C)c1. The van der Waals surface area contributed by atoms with Gasteiger partial charge in [-0.15, -0.1) is 0 Å². The molecule has 29 heavy (non-hydrogen) atoms. The number of benzene rings is 2. The van der Waals surface area contributed by atoms with Crippen molar-refractivity contribution < 1.29 is 4.79 Å². The van der Waals surface area contributed by atoms with Gasteiger partial charge in [-0.2, -0.15) is 0 Å². The predicted molar refractivity (Wildman–Crippen MR) is 117 cm³/mol. The van der Waals surface area contributed by atoms with E-state index < -0.39 is 0 Å². The first kappa shape index (κ1) is 19.4. The molecule has 3 aromatic rings. The maximum atomic E-state index is 13.3. The fraction of sp³-hybridized carbons (Fsp3) is 0.375. The van der Waals surface area contributed by atoms with E-state index in [0.717, 1.165) is 49.3 Å². The molecule has 5 nitrogen and oxygen atoms in total. The van der Waals surface area contributed by atoms with E-state index in [1.165, 1.54) is 5.56 Å². The highest BCUT2D eigenvalue weighted by Gasteiger charge is 2.19. The predicted octanol–water partition coefficient (Wildman–Crippen LogP) is 4.41. The monoisotopic (exact) mass is 389 g/mol. The summed E-state index contributed by atoms with van der Waals surface area (Å²) in [4.78, 5) is 32.7. The van der Waals surface area contributed by atoms with Crippen molar-refractivity contribution in [2.75, 3.05) is 11.4 Å². The van der Waals surface area contributed by atoms with E-state index in [1.54, 1.807) is 23.1 Å². The van der Waals surface area contributed by atoms with E-state index in [9.17, 15) is 9.59 Å². The minimum absolute atomic E-state index is 0.00686. The number of carbonyl (C=O) groups excluding carboxylic acids is 1. The van der Waals surface area contributed by atoms with Crippen LogP contribution in [0.5, 0.6) is 0 Å². The molecule has 0 bridgehead atoms. The summed E-state index contributed by atoms with van der Waals surface area (Å²) >= 11 is 0. The number of amides is 1. The Morgan fingerprint density at radius 3 is 2.66 bits per heavy atom. The lowest BCUT2D eigenvalue weighted by molar-refractivity contribution is 0.0988. The molecule has 0 atom stereocenters. The molecule has 0 radical (unpaired) electrons. The number of hydrogen-bond donors (Lipinski definition) is 0. The van der Waals surface area contributed by atoms with Gasteiger partial charge in [0, 0.05) is 30.8 Å². The van der Waals surface area contributed by atoms with Crippen molar-refractivity contribution in [3.63, 3.8) is 0 Å². The van der Waals surface area contributed by atoms with Gasteiger partial charge in [-0.3, -0.25) is 14.2 Å². The third-order valence-corrected chi connectivity index (χ3v) is 5.93. The number of aromatic nitrogens is 2. The molecular weight excluding hydrogens is 362 g/mol. The van der Waals surface area contributed by atoms with Gasteiger partial charge >= 0.3 is 0 Å². The summed E-state index contributed by atoms with van der Waals surface area (Å²) in [5.74, 6) is 0.764. The van der Waals surface area contributed by atoms with Crippen LogP contribution in [0.25, 0.3) is 10.9 Å². The van der Waals surface area contributed by atoms with E-state index in [0.29, 0.717) is 23.0 Å². The van der Waals surface area contributed by atoms with Crippen molar-refractivity contribution in [3.05, 3.63) is 69.3 Å². The number of carbonyl (C=O) groups is 1. The largest absolute Gasteiger partial charge is 0.309 e. The number of rotatable bonds is 3. The third kappa shape index (κ3) is 3.57. The van der Waals surface area contributed by atoms with Crippen LogP contribution in [0.1, 0.15) is 53.5 Å². The first-order chi connectivity index (χ1) is 14.0. The highest BCUT2D eigenvalue weighted by atomic mass is 16.2. The van der Waals surface area contributed by atoms with E-state index in [1.807, 2.05) is 29.7 Å². The molecular formula is C24H27N3O2. The summed E-state index contributed by atoms with van der Waals surface area (Å²) in [5.41, 5.74) is 4.43. The molecule has 0 N–H and O–H groups in total. The van der Waals surface area contributed by atoms with Crippen molar-refractivity contribution >= 4 is 22.5 Å². The molecule has 1 amide bonds. The molecule has 0 spiro atoms. The fourth-order valence-corrected chi connectivity index (χ4v) is 4.04. The Kier molecular flexibility index (Phi) is 5.22. The number of hydrogen-bond acceptors (Lipinski definition) is 3. The van der Waals surface area contributed by atoms with E-state index in [-0.39, 0.29) is 11.5 Å². The van der Waals surface area contributed by atoms with Gasteiger partial charge < -0.3 is 4.90 Å². The van der Waals surface area contributed by atoms with Crippen LogP contribution in [-0.2, 0) is 13.0 Å². The molecule has 0 saturated heterocycles. The summed E-state index contributed by atoms with van der Waals surface area (Å²) in [7, 11) is 0. The number of fused-ring (bicyclic) bond motifs is 2. The molecule has 4 rings (SSSR count). The van der Waals surface area contributed by atoms with Crippen molar-refractivity contribution in [1.82, 2.24) is 9.55 Å². The van der Waals surface area contributed by atoms with Crippen LogP contribution >= 0.6 is 0 Å². The molecule has 1 aliphatic heterocycles. The number of anilines is 1. The summed E-state index contributed by atoms with van der Waals surface area (Å²) in [5, 5.41) is 0.585. The van der Waals surface area contributed by atoms with Crippen LogP contribution in [0.15, 0.2) is 41.2 Å². The van der Waals surface area contributed by atoms with E-state index in [2.05, 4.69) is 13.8 Å². The van der Waals surface area contributed by atoms with Crippen molar-refractivity contribution in [3.8, 4) is 0 Å². The van der Waals surface area contributed by atoms with Crippen molar-refractivity contribution in [2.45, 2.75) is 53.0 Å². The highest BCUT2D eigenvalue weighted by Crippen LogP contribution is 2.22. The van der Waals surface area contributed by atoms with Crippen LogP contribution in [0.4, 0.5) is 5.69 Å². The van der Waals surface area contributed by atoms with Gasteiger partial charge in [0.1, 0.15) is 5.82 Å². The third-order valence-electron chi connectivity index (χ3n) is 5.93. The van der Waals surface area contributed by atoms with E-state index in [4.69, 9.17) is 4.98 Å². The number of aryl methyl sites for hydroxylation is 3. The van der Waals surface area contributed by atoms with Crippen LogP contribution < -0.4 is 10.5 Å². The second-order valence-electron chi connectivity index (χ2n) is 7.85. The lowest BCUT2D eigenvalue weighted by Gasteiger charge is -2.22. The average molecular weight is 389 g/mol. The maximum Gasteiger partial charge on any atom is 0.261 e. The summed E-state index contributed by atoms with van der Waals surface area (Å²) < 4.78 is 1.81. The summed E-state index contributed by atoms with van der Waals surface area (Å²) in [6.45, 7) is 7.39. The Bertz CT molecular complexity index is 1150. The molecule has 0 saturated carbocycles. The first-order valence-electron chi connectivity index (χ1n) is 10.4. The van der Waals surface area contributed by atoms with Crippen LogP contribution in [0, 0.1) is 13.8 Å². The van der Waals surface area contributed by atoms with Gasteiger partial charge in [0.15, 0.2) is 0 Å². The molecule has 2 aromatic carbocycles. The van der Waals surface area contributed by atoms with Gasteiger partial charge in [-0.05, 0) is 75.1 Å². The van der Waals surface area contributed by atoms with Gasteiger partial charge in [0.05, 0.1) is 10.9 Å². The second-order valence-corrected chi connectivity index (χ2v) is 7.85. The topological polar surface area (TPSA) is 55.2 Å². The zero-order valence-electron chi connectivity index (χ0n) is 17.4. The minimum Gasteiger partial charge on any atom is -0.309 e. The Hall–Kier alpha value is -2.95. The molecule has 0 fully saturated rings. The fourth-order valence-electron chi connectivity index (χ4n) is 4.04. The van der Waals surface area contributed by atoms with Gasteiger partial charge in [-0.25, -0.2) is 4.98 Å². The first-order valence-corrected chi connectivity index (χ1v) is 10.4. The molecule has 0 aliphatic carbocycles. The van der Waals surface area contributed by atoms with E-state index >= 15 is 0 Å². The number of nitrogens with zero attached hydrogens (tertiary/aromatic N) is 3. The molecule has 2 heterocycles. The Morgan fingerprint density at radius 2 is 1.90 bits per heavy atom.